The number of rotatable bonds is 6. The highest BCUT2D eigenvalue weighted by atomic mass is 16.5. The molecule has 1 atom stereocenters. The number of benzene rings is 1. The van der Waals surface area contributed by atoms with Gasteiger partial charge in [-0.1, -0.05) is 0 Å². The van der Waals surface area contributed by atoms with Crippen LogP contribution in [0.5, 0.6) is 5.75 Å². The monoisotopic (exact) mass is 291 g/mol. The highest BCUT2D eigenvalue weighted by Gasteiger charge is 2.24. The fourth-order valence-corrected chi connectivity index (χ4v) is 2.20. The summed E-state index contributed by atoms with van der Waals surface area (Å²) in [6.45, 7) is 2.09. The van der Waals surface area contributed by atoms with Gasteiger partial charge in [0.1, 0.15) is 5.75 Å². The zero-order chi connectivity index (χ0) is 15.5. The van der Waals surface area contributed by atoms with Crippen LogP contribution in [0, 0.1) is 0 Å². The number of amides is 2. The van der Waals surface area contributed by atoms with E-state index in [-0.39, 0.29) is 5.91 Å². The minimum absolute atomic E-state index is 0.0462. The van der Waals surface area contributed by atoms with Crippen LogP contribution in [0.25, 0.3) is 0 Å². The quantitative estimate of drug-likeness (QED) is 0.678. The van der Waals surface area contributed by atoms with E-state index in [0.717, 1.165) is 23.4 Å². The summed E-state index contributed by atoms with van der Waals surface area (Å²) >= 11 is 0. The molecule has 1 aromatic rings. The normalized spacial score (nSPS) is 16.6. The lowest BCUT2D eigenvalue weighted by Crippen LogP contribution is -2.49. The first-order chi connectivity index (χ1) is 9.88. The Morgan fingerprint density at radius 2 is 2.19 bits per heavy atom. The molecule has 0 fully saturated rings. The topological polar surface area (TPSA) is 107 Å². The predicted octanol–water partition coefficient (Wildman–Crippen LogP) is 0.933. The number of anilines is 1. The van der Waals surface area contributed by atoms with Crippen molar-refractivity contribution in [1.29, 1.82) is 0 Å². The Kier molecular flexibility index (Phi) is 4.47. The summed E-state index contributed by atoms with van der Waals surface area (Å²) in [4.78, 5) is 22.4. The van der Waals surface area contributed by atoms with Gasteiger partial charge in [-0.15, -0.1) is 0 Å². The molecule has 1 aliphatic rings. The molecule has 114 valence electrons. The number of primary amides is 1. The van der Waals surface area contributed by atoms with E-state index in [4.69, 9.17) is 16.2 Å². The smallest absolute Gasteiger partial charge is 0.237 e. The first-order valence-electron chi connectivity index (χ1n) is 7.03. The second kappa shape index (κ2) is 6.13. The summed E-state index contributed by atoms with van der Waals surface area (Å²) in [5, 5.41) is 2.82. The molecule has 1 aliphatic heterocycles. The van der Waals surface area contributed by atoms with Crippen molar-refractivity contribution in [2.24, 2.45) is 11.5 Å². The molecule has 6 nitrogen and oxygen atoms in total. The van der Waals surface area contributed by atoms with Crippen LogP contribution in [-0.4, -0.2) is 24.0 Å². The van der Waals surface area contributed by atoms with E-state index in [1.165, 1.54) is 0 Å². The molecule has 0 bridgehead atoms. The van der Waals surface area contributed by atoms with Gasteiger partial charge in [0.2, 0.25) is 11.8 Å². The van der Waals surface area contributed by atoms with Gasteiger partial charge in [0, 0.05) is 12.1 Å². The van der Waals surface area contributed by atoms with Crippen LogP contribution in [0.3, 0.4) is 0 Å². The highest BCUT2D eigenvalue weighted by Crippen LogP contribution is 2.26. The number of hydrogen-bond donors (Lipinski definition) is 3. The molecule has 2 rings (SSSR count). The maximum atomic E-state index is 11.3. The lowest BCUT2D eigenvalue weighted by atomic mass is 9.97. The van der Waals surface area contributed by atoms with Gasteiger partial charge in [0.15, 0.2) is 0 Å². The molecule has 1 aromatic carbocycles. The summed E-state index contributed by atoms with van der Waals surface area (Å²) in [6, 6.07) is 5.60. The van der Waals surface area contributed by atoms with Crippen molar-refractivity contribution in [1.82, 2.24) is 0 Å². The van der Waals surface area contributed by atoms with Crippen LogP contribution in [0.1, 0.15) is 31.7 Å². The average Bonchev–Trinajstić information content (AvgIpc) is 2.43. The first kappa shape index (κ1) is 15.3. The van der Waals surface area contributed by atoms with Gasteiger partial charge in [-0.25, -0.2) is 0 Å². The minimum Gasteiger partial charge on any atom is -0.494 e. The molecule has 0 aromatic heterocycles. The molecule has 0 saturated heterocycles. The Morgan fingerprint density at radius 1 is 1.43 bits per heavy atom. The van der Waals surface area contributed by atoms with E-state index in [9.17, 15) is 9.59 Å². The number of carbonyl (C=O) groups excluding carboxylic acids is 2. The summed E-state index contributed by atoms with van der Waals surface area (Å²) in [7, 11) is 0. The van der Waals surface area contributed by atoms with Crippen molar-refractivity contribution in [3.05, 3.63) is 23.8 Å². The second-order valence-corrected chi connectivity index (χ2v) is 5.60. The van der Waals surface area contributed by atoms with E-state index >= 15 is 0 Å². The van der Waals surface area contributed by atoms with Gasteiger partial charge in [-0.05, 0) is 49.9 Å². The van der Waals surface area contributed by atoms with Crippen LogP contribution in [-0.2, 0) is 16.0 Å². The molecule has 1 heterocycles. The number of nitrogens with one attached hydrogen (secondary N) is 1. The van der Waals surface area contributed by atoms with E-state index in [1.54, 1.807) is 6.92 Å². The molecular formula is C15H21N3O3. The zero-order valence-electron chi connectivity index (χ0n) is 12.1. The van der Waals surface area contributed by atoms with E-state index in [2.05, 4.69) is 5.32 Å². The molecule has 0 saturated carbocycles. The Labute approximate surface area is 123 Å². The van der Waals surface area contributed by atoms with Gasteiger partial charge >= 0.3 is 0 Å². The van der Waals surface area contributed by atoms with E-state index in [0.29, 0.717) is 25.9 Å². The SMILES string of the molecule is CC(N)(CCCOc1ccc2c(c1)CCC(=O)N2)C(N)=O. The molecule has 2 amide bonds. The molecule has 0 aliphatic carbocycles. The highest BCUT2D eigenvalue weighted by molar-refractivity contribution is 5.94. The largest absolute Gasteiger partial charge is 0.494 e. The van der Waals surface area contributed by atoms with Crippen LogP contribution >= 0.6 is 0 Å². The maximum absolute atomic E-state index is 11.3. The number of ether oxygens (including phenoxy) is 1. The average molecular weight is 291 g/mol. The standard InChI is InChI=1S/C15H21N3O3/c1-15(17,14(16)20)7-2-8-21-11-4-5-12-10(9-11)3-6-13(19)18-12/h4-5,9H,2-3,6-8,17H2,1H3,(H2,16,20)(H,18,19). The van der Waals surface area contributed by atoms with Crippen molar-refractivity contribution < 1.29 is 14.3 Å². The molecule has 21 heavy (non-hydrogen) atoms. The van der Waals surface area contributed by atoms with Gasteiger partial charge in [0.25, 0.3) is 0 Å². The molecule has 0 radical (unpaired) electrons. The predicted molar refractivity (Wildman–Crippen MR) is 79.9 cm³/mol. The molecular weight excluding hydrogens is 270 g/mol. The van der Waals surface area contributed by atoms with Crippen LogP contribution in [0.4, 0.5) is 5.69 Å². The third kappa shape index (κ3) is 3.95. The number of carbonyl (C=O) groups is 2. The molecule has 0 spiro atoms. The third-order valence-corrected chi connectivity index (χ3v) is 3.64. The van der Waals surface area contributed by atoms with Crippen molar-refractivity contribution in [2.75, 3.05) is 11.9 Å². The summed E-state index contributed by atoms with van der Waals surface area (Å²) in [5.41, 5.74) is 11.9. The number of nitrogens with two attached hydrogens (primary N) is 2. The minimum atomic E-state index is -0.997. The molecule has 5 N–H and O–H groups in total. The lowest BCUT2D eigenvalue weighted by molar-refractivity contribution is -0.122. The number of aryl methyl sites for hydroxylation is 1. The van der Waals surface area contributed by atoms with Gasteiger partial charge in [-0.2, -0.15) is 0 Å². The lowest BCUT2D eigenvalue weighted by Gasteiger charge is -2.20. The number of fused-ring (bicyclic) bond motifs is 1. The Hall–Kier alpha value is -2.08. The Bertz CT molecular complexity index is 555. The maximum Gasteiger partial charge on any atom is 0.237 e. The molecule has 6 heteroatoms. The van der Waals surface area contributed by atoms with E-state index < -0.39 is 11.4 Å². The van der Waals surface area contributed by atoms with Crippen LogP contribution in [0.15, 0.2) is 18.2 Å². The van der Waals surface area contributed by atoms with Crippen LogP contribution < -0.4 is 21.5 Å². The Balaban J connectivity index is 1.85. The number of hydrogen-bond acceptors (Lipinski definition) is 4. The van der Waals surface area contributed by atoms with Gasteiger partial charge in [0.05, 0.1) is 12.1 Å². The Morgan fingerprint density at radius 3 is 2.90 bits per heavy atom. The zero-order valence-corrected chi connectivity index (χ0v) is 12.1. The second-order valence-electron chi connectivity index (χ2n) is 5.60. The summed E-state index contributed by atoms with van der Waals surface area (Å²) < 4.78 is 5.65. The van der Waals surface area contributed by atoms with Crippen molar-refractivity contribution in [2.45, 2.75) is 38.1 Å². The van der Waals surface area contributed by atoms with Crippen LogP contribution in [0.2, 0.25) is 0 Å². The summed E-state index contributed by atoms with van der Waals surface area (Å²) in [5.74, 6) is 0.291. The molecule has 1 unspecified atom stereocenters. The van der Waals surface area contributed by atoms with E-state index in [1.807, 2.05) is 18.2 Å². The fraction of sp³-hybridized carbons (Fsp3) is 0.467. The van der Waals surface area contributed by atoms with Crippen molar-refractivity contribution >= 4 is 17.5 Å². The van der Waals surface area contributed by atoms with Gasteiger partial charge < -0.3 is 21.5 Å². The van der Waals surface area contributed by atoms with Crippen molar-refractivity contribution in [3.8, 4) is 5.75 Å². The fourth-order valence-electron chi connectivity index (χ4n) is 2.20. The van der Waals surface area contributed by atoms with Gasteiger partial charge in [-0.3, -0.25) is 9.59 Å². The van der Waals surface area contributed by atoms with Crippen molar-refractivity contribution in [3.63, 3.8) is 0 Å². The summed E-state index contributed by atoms with van der Waals surface area (Å²) in [6.07, 6.45) is 2.34. The third-order valence-electron chi connectivity index (χ3n) is 3.64. The first-order valence-corrected chi connectivity index (χ1v) is 7.03.